The first-order chi connectivity index (χ1) is 8.89. The van der Waals surface area contributed by atoms with Crippen molar-refractivity contribution >= 4 is 23.3 Å². The molecule has 0 spiro atoms. The number of halogens is 1. The Morgan fingerprint density at radius 3 is 2.68 bits per heavy atom. The van der Waals surface area contributed by atoms with Gasteiger partial charge in [0, 0.05) is 19.3 Å². The van der Waals surface area contributed by atoms with Crippen molar-refractivity contribution < 1.29 is 4.79 Å². The van der Waals surface area contributed by atoms with E-state index in [1.54, 1.807) is 6.07 Å². The van der Waals surface area contributed by atoms with Crippen molar-refractivity contribution in [2.75, 3.05) is 18.4 Å². The Hall–Kier alpha value is -1.29. The molecular formula is C14H22ClN3O. The number of hydrogen-bond acceptors (Lipinski definition) is 3. The van der Waals surface area contributed by atoms with Crippen molar-refractivity contribution in [3.8, 4) is 0 Å². The number of anilines is 1. The molecule has 0 bridgehead atoms. The molecule has 0 fully saturated rings. The first-order valence-electron chi connectivity index (χ1n) is 6.57. The molecule has 5 heteroatoms. The molecule has 4 nitrogen and oxygen atoms in total. The molecule has 0 aliphatic carbocycles. The zero-order valence-electron chi connectivity index (χ0n) is 12.0. The predicted octanol–water partition coefficient (Wildman–Crippen LogP) is 3.33. The summed E-state index contributed by atoms with van der Waals surface area (Å²) >= 11 is 6.02. The zero-order valence-corrected chi connectivity index (χ0v) is 12.8. The van der Waals surface area contributed by atoms with Crippen molar-refractivity contribution in [1.29, 1.82) is 0 Å². The molecule has 2 N–H and O–H groups in total. The van der Waals surface area contributed by atoms with Crippen molar-refractivity contribution in [3.63, 3.8) is 0 Å². The van der Waals surface area contributed by atoms with Crippen LogP contribution in [0.2, 0.25) is 5.02 Å². The van der Waals surface area contributed by atoms with Gasteiger partial charge in [0.1, 0.15) is 5.82 Å². The molecule has 0 saturated carbocycles. The van der Waals surface area contributed by atoms with E-state index in [-0.39, 0.29) is 11.3 Å². The summed E-state index contributed by atoms with van der Waals surface area (Å²) in [5, 5.41) is 6.35. The van der Waals surface area contributed by atoms with Gasteiger partial charge >= 0.3 is 0 Å². The molecule has 1 amide bonds. The maximum Gasteiger partial charge on any atom is 0.253 e. The van der Waals surface area contributed by atoms with Gasteiger partial charge in [0.25, 0.3) is 5.91 Å². The number of nitrogens with one attached hydrogen (secondary N) is 2. The van der Waals surface area contributed by atoms with Crippen LogP contribution in [0.5, 0.6) is 0 Å². The lowest BCUT2D eigenvalue weighted by molar-refractivity contribution is 0.0936. The molecule has 1 heterocycles. The fourth-order valence-corrected chi connectivity index (χ4v) is 1.62. The zero-order chi connectivity index (χ0) is 14.5. The molecular weight excluding hydrogens is 262 g/mol. The number of pyridine rings is 1. The van der Waals surface area contributed by atoms with Crippen molar-refractivity contribution in [2.24, 2.45) is 5.41 Å². The fourth-order valence-electron chi connectivity index (χ4n) is 1.43. The van der Waals surface area contributed by atoms with E-state index in [2.05, 4.69) is 36.4 Å². The van der Waals surface area contributed by atoms with E-state index >= 15 is 0 Å². The number of nitrogens with zero attached hydrogens (tertiary/aromatic N) is 1. The van der Waals surface area contributed by atoms with Crippen LogP contribution in [0.15, 0.2) is 12.3 Å². The van der Waals surface area contributed by atoms with Crippen molar-refractivity contribution in [2.45, 2.75) is 34.1 Å². The Morgan fingerprint density at radius 1 is 1.42 bits per heavy atom. The minimum Gasteiger partial charge on any atom is -0.370 e. The summed E-state index contributed by atoms with van der Waals surface area (Å²) in [4.78, 5) is 16.2. The molecule has 1 rings (SSSR count). The second-order valence-corrected chi connectivity index (χ2v) is 5.69. The van der Waals surface area contributed by atoms with Gasteiger partial charge in [-0.05, 0) is 24.8 Å². The molecule has 0 radical (unpaired) electrons. The highest BCUT2D eigenvalue weighted by Crippen LogP contribution is 2.20. The highest BCUT2D eigenvalue weighted by molar-refractivity contribution is 6.33. The monoisotopic (exact) mass is 283 g/mol. The Morgan fingerprint density at radius 2 is 2.11 bits per heavy atom. The summed E-state index contributed by atoms with van der Waals surface area (Å²) in [6.45, 7) is 9.68. The van der Waals surface area contributed by atoms with Crippen molar-refractivity contribution in [1.82, 2.24) is 10.3 Å². The van der Waals surface area contributed by atoms with Crippen LogP contribution >= 0.6 is 11.6 Å². The van der Waals surface area contributed by atoms with Crippen LogP contribution in [0, 0.1) is 5.41 Å². The average molecular weight is 284 g/mol. The Kier molecular flexibility index (Phi) is 5.60. The topological polar surface area (TPSA) is 54.0 Å². The summed E-state index contributed by atoms with van der Waals surface area (Å²) < 4.78 is 0. The molecule has 0 unspecified atom stereocenters. The van der Waals surface area contributed by atoms with Crippen LogP contribution in [0.4, 0.5) is 5.82 Å². The predicted molar refractivity (Wildman–Crippen MR) is 79.8 cm³/mol. The summed E-state index contributed by atoms with van der Waals surface area (Å²) in [6, 6.07) is 1.68. The lowest BCUT2D eigenvalue weighted by Crippen LogP contribution is -2.33. The van der Waals surface area contributed by atoms with E-state index in [1.807, 2.05) is 6.92 Å². The van der Waals surface area contributed by atoms with E-state index < -0.39 is 0 Å². The lowest BCUT2D eigenvalue weighted by Gasteiger charge is -2.23. The van der Waals surface area contributed by atoms with Gasteiger partial charge in [0.05, 0.1) is 10.6 Å². The normalized spacial score (nSPS) is 11.2. The average Bonchev–Trinajstić information content (AvgIpc) is 2.38. The Labute approximate surface area is 120 Å². The van der Waals surface area contributed by atoms with E-state index in [0.717, 1.165) is 13.0 Å². The highest BCUT2D eigenvalue weighted by atomic mass is 35.5. The SMILES string of the molecule is CCNc1cc(C(=O)NCC(C)(C)CC)c(Cl)cn1. The largest absolute Gasteiger partial charge is 0.370 e. The van der Waals surface area contributed by atoms with Crippen LogP contribution in [-0.4, -0.2) is 24.0 Å². The van der Waals surface area contributed by atoms with E-state index in [4.69, 9.17) is 11.6 Å². The summed E-state index contributed by atoms with van der Waals surface area (Å²) in [6.07, 6.45) is 2.50. The molecule has 106 valence electrons. The Balaban J connectivity index is 2.78. The van der Waals surface area contributed by atoms with E-state index in [9.17, 15) is 4.79 Å². The lowest BCUT2D eigenvalue weighted by atomic mass is 9.90. The van der Waals surface area contributed by atoms with Crippen LogP contribution in [0.25, 0.3) is 0 Å². The van der Waals surface area contributed by atoms with Gasteiger partial charge < -0.3 is 10.6 Å². The van der Waals surface area contributed by atoms with Gasteiger partial charge in [0.15, 0.2) is 0 Å². The standard InChI is InChI=1S/C14H22ClN3O/c1-5-14(3,4)9-18-13(19)10-7-12(16-6-2)17-8-11(10)15/h7-8H,5-6,9H2,1-4H3,(H,16,17)(H,18,19). The first-order valence-corrected chi connectivity index (χ1v) is 6.95. The summed E-state index contributed by atoms with van der Waals surface area (Å²) in [5.74, 6) is 0.500. The maximum atomic E-state index is 12.1. The molecule has 0 aromatic carbocycles. The minimum atomic E-state index is -0.159. The second kappa shape index (κ2) is 6.75. The fraction of sp³-hybridized carbons (Fsp3) is 0.571. The molecule has 1 aromatic heterocycles. The number of hydrogen-bond donors (Lipinski definition) is 2. The number of aromatic nitrogens is 1. The minimum absolute atomic E-state index is 0.0830. The summed E-state index contributed by atoms with van der Waals surface area (Å²) in [5.41, 5.74) is 0.541. The van der Waals surface area contributed by atoms with Crippen LogP contribution in [0.3, 0.4) is 0 Å². The van der Waals surface area contributed by atoms with Gasteiger partial charge in [-0.25, -0.2) is 4.98 Å². The van der Waals surface area contributed by atoms with Crippen molar-refractivity contribution in [3.05, 3.63) is 22.8 Å². The third-order valence-corrected chi connectivity index (χ3v) is 3.44. The van der Waals surface area contributed by atoms with Gasteiger partial charge in [0.2, 0.25) is 0 Å². The number of carbonyl (C=O) groups excluding carboxylic acids is 1. The molecule has 0 atom stereocenters. The van der Waals surface area contributed by atoms with Crippen LogP contribution < -0.4 is 10.6 Å². The van der Waals surface area contributed by atoms with Gasteiger partial charge in [-0.1, -0.05) is 32.4 Å². The molecule has 0 aliphatic rings. The van der Waals surface area contributed by atoms with Gasteiger partial charge in [-0.2, -0.15) is 0 Å². The van der Waals surface area contributed by atoms with Gasteiger partial charge in [-0.15, -0.1) is 0 Å². The second-order valence-electron chi connectivity index (χ2n) is 5.28. The van der Waals surface area contributed by atoms with Gasteiger partial charge in [-0.3, -0.25) is 4.79 Å². The summed E-state index contributed by atoms with van der Waals surface area (Å²) in [7, 11) is 0. The Bertz CT molecular complexity index is 446. The maximum absolute atomic E-state index is 12.1. The van der Waals surface area contributed by atoms with E-state index in [1.165, 1.54) is 6.20 Å². The van der Waals surface area contributed by atoms with E-state index in [0.29, 0.717) is 22.9 Å². The molecule has 1 aromatic rings. The molecule has 0 saturated heterocycles. The number of carbonyl (C=O) groups is 1. The third kappa shape index (κ3) is 4.71. The highest BCUT2D eigenvalue weighted by Gasteiger charge is 2.18. The van der Waals surface area contributed by atoms with Crippen LogP contribution in [-0.2, 0) is 0 Å². The number of amides is 1. The molecule has 19 heavy (non-hydrogen) atoms. The smallest absolute Gasteiger partial charge is 0.253 e. The third-order valence-electron chi connectivity index (χ3n) is 3.14. The first kappa shape index (κ1) is 15.8. The molecule has 0 aliphatic heterocycles. The number of rotatable bonds is 6. The quantitative estimate of drug-likeness (QED) is 0.842. The van der Waals surface area contributed by atoms with Crippen LogP contribution in [0.1, 0.15) is 44.5 Å².